The van der Waals surface area contributed by atoms with E-state index >= 15 is 0 Å². The molecule has 170 valence electrons. The summed E-state index contributed by atoms with van der Waals surface area (Å²) in [6, 6.07) is 10.2. The van der Waals surface area contributed by atoms with Gasteiger partial charge >= 0.3 is 6.18 Å². The van der Waals surface area contributed by atoms with Crippen molar-refractivity contribution in [2.45, 2.75) is 11.1 Å². The average Bonchev–Trinajstić information content (AvgIpc) is 3.12. The number of benzene rings is 2. The topological polar surface area (TPSA) is 102 Å². The maximum Gasteiger partial charge on any atom is 0.449 e. The molecule has 0 unspecified atom stereocenters. The molecule has 0 bridgehead atoms. The summed E-state index contributed by atoms with van der Waals surface area (Å²) in [6.45, 7) is 0. The molecule has 13 heteroatoms. The maximum atomic E-state index is 12.9. The quantitative estimate of drug-likeness (QED) is 0.493. The zero-order chi connectivity index (χ0) is 23.7. The number of anilines is 2. The lowest BCUT2D eigenvalue weighted by atomic mass is 10.3. The van der Waals surface area contributed by atoms with Crippen molar-refractivity contribution in [3.8, 4) is 5.75 Å². The monoisotopic (exact) mass is 532 g/mol. The molecule has 0 radical (unpaired) electrons. The maximum absolute atomic E-state index is 12.9. The van der Waals surface area contributed by atoms with Gasteiger partial charge in [-0.2, -0.15) is 13.2 Å². The Morgan fingerprint density at radius 1 is 1.12 bits per heavy atom. The van der Waals surface area contributed by atoms with Gasteiger partial charge in [0, 0.05) is 29.1 Å². The number of hydrogen-bond acceptors (Lipinski definition) is 5. The minimum Gasteiger partial charge on any atom is -0.495 e. The molecular weight excluding hydrogens is 517 g/mol. The zero-order valence-electron chi connectivity index (χ0n) is 16.6. The van der Waals surface area contributed by atoms with Crippen LogP contribution >= 0.6 is 15.9 Å². The highest BCUT2D eigenvalue weighted by Crippen LogP contribution is 2.30. The lowest BCUT2D eigenvalue weighted by Crippen LogP contribution is -2.16. The fourth-order valence-corrected chi connectivity index (χ4v) is 4.25. The second-order valence-electron chi connectivity index (χ2n) is 6.49. The number of halogens is 4. The van der Waals surface area contributed by atoms with Crippen LogP contribution in [0.2, 0.25) is 0 Å². The molecule has 0 saturated carbocycles. The van der Waals surface area contributed by atoms with E-state index in [1.165, 1.54) is 19.2 Å². The van der Waals surface area contributed by atoms with Crippen LogP contribution in [0.15, 0.2) is 58.0 Å². The van der Waals surface area contributed by atoms with Crippen LogP contribution in [-0.4, -0.2) is 31.0 Å². The van der Waals surface area contributed by atoms with Gasteiger partial charge in [-0.25, -0.2) is 13.4 Å². The summed E-state index contributed by atoms with van der Waals surface area (Å²) in [4.78, 5) is 15.4. The Bertz CT molecular complexity index is 1260. The first kappa shape index (κ1) is 23.6. The van der Waals surface area contributed by atoms with Gasteiger partial charge in [0.2, 0.25) is 5.82 Å². The number of carbonyl (C=O) groups is 1. The molecule has 0 aliphatic rings. The number of amides is 1. The molecule has 3 aromatic rings. The molecule has 1 amide bonds. The van der Waals surface area contributed by atoms with Gasteiger partial charge < -0.3 is 14.6 Å². The highest BCUT2D eigenvalue weighted by atomic mass is 79.9. The van der Waals surface area contributed by atoms with Crippen molar-refractivity contribution in [3.05, 3.63) is 64.7 Å². The number of hydrogen-bond donors (Lipinski definition) is 2. The Kier molecular flexibility index (Phi) is 6.51. The number of nitrogens with zero attached hydrogens (tertiary/aromatic N) is 2. The lowest BCUT2D eigenvalue weighted by molar-refractivity contribution is -0.146. The molecule has 3 rings (SSSR count). The second kappa shape index (κ2) is 8.82. The summed E-state index contributed by atoms with van der Waals surface area (Å²) in [6.07, 6.45) is -3.80. The van der Waals surface area contributed by atoms with E-state index in [9.17, 15) is 26.4 Å². The SMILES string of the molecule is COc1ccc(NC(=O)c2cn(C)c(C(F)(F)F)n2)cc1S(=O)(=O)Nc1ccc(Br)cc1. The molecule has 0 aliphatic carbocycles. The van der Waals surface area contributed by atoms with Gasteiger partial charge in [0.1, 0.15) is 16.3 Å². The van der Waals surface area contributed by atoms with Gasteiger partial charge in [-0.3, -0.25) is 9.52 Å². The summed E-state index contributed by atoms with van der Waals surface area (Å²) in [5.41, 5.74) is -0.169. The van der Waals surface area contributed by atoms with Gasteiger partial charge in [0.15, 0.2) is 0 Å². The van der Waals surface area contributed by atoms with E-state index in [4.69, 9.17) is 4.74 Å². The molecule has 2 N–H and O–H groups in total. The van der Waals surface area contributed by atoms with Crippen molar-refractivity contribution < 1.29 is 31.1 Å². The van der Waals surface area contributed by atoms with Crippen LogP contribution in [0.1, 0.15) is 16.3 Å². The third kappa shape index (κ3) is 5.22. The zero-order valence-corrected chi connectivity index (χ0v) is 19.0. The Hall–Kier alpha value is -3.06. The van der Waals surface area contributed by atoms with Crippen LogP contribution in [0, 0.1) is 0 Å². The third-order valence-electron chi connectivity index (χ3n) is 4.17. The number of methoxy groups -OCH3 is 1. The third-order valence-corrected chi connectivity index (χ3v) is 6.10. The fourth-order valence-electron chi connectivity index (χ4n) is 2.73. The van der Waals surface area contributed by atoms with Gasteiger partial charge in [0.25, 0.3) is 15.9 Å². The molecule has 0 atom stereocenters. The number of sulfonamides is 1. The largest absolute Gasteiger partial charge is 0.495 e. The molecule has 0 fully saturated rings. The average molecular weight is 533 g/mol. The summed E-state index contributed by atoms with van der Waals surface area (Å²) >= 11 is 3.25. The predicted molar refractivity (Wildman–Crippen MR) is 114 cm³/mol. The summed E-state index contributed by atoms with van der Waals surface area (Å²) in [5.74, 6) is -2.17. The van der Waals surface area contributed by atoms with Crippen LogP contribution in [-0.2, 0) is 23.2 Å². The fraction of sp³-hybridized carbons (Fsp3) is 0.158. The van der Waals surface area contributed by atoms with Crippen LogP contribution in [0.25, 0.3) is 0 Å². The van der Waals surface area contributed by atoms with Crippen molar-refractivity contribution in [1.29, 1.82) is 0 Å². The normalized spacial score (nSPS) is 11.8. The molecule has 1 aromatic heterocycles. The Morgan fingerprint density at radius 2 is 1.75 bits per heavy atom. The summed E-state index contributed by atoms with van der Waals surface area (Å²) in [5, 5.41) is 2.35. The van der Waals surface area contributed by atoms with E-state index < -0.39 is 33.6 Å². The van der Waals surface area contributed by atoms with E-state index in [0.29, 0.717) is 4.57 Å². The van der Waals surface area contributed by atoms with Gasteiger partial charge in [-0.1, -0.05) is 15.9 Å². The first-order valence-electron chi connectivity index (χ1n) is 8.79. The molecule has 0 spiro atoms. The van der Waals surface area contributed by atoms with Crippen molar-refractivity contribution in [1.82, 2.24) is 9.55 Å². The summed E-state index contributed by atoms with van der Waals surface area (Å²) in [7, 11) is -1.74. The molecule has 32 heavy (non-hydrogen) atoms. The van der Waals surface area contributed by atoms with E-state index in [0.717, 1.165) is 23.8 Å². The van der Waals surface area contributed by atoms with Gasteiger partial charge in [-0.05, 0) is 42.5 Å². The lowest BCUT2D eigenvalue weighted by Gasteiger charge is -2.13. The minimum atomic E-state index is -4.73. The molecule has 0 saturated heterocycles. The highest BCUT2D eigenvalue weighted by Gasteiger charge is 2.37. The molecular formula is C19H16BrF3N4O4S. The minimum absolute atomic E-state index is 0.00445. The molecule has 8 nitrogen and oxygen atoms in total. The van der Waals surface area contributed by atoms with E-state index in [1.807, 2.05) is 0 Å². The predicted octanol–water partition coefficient (Wildman–Crippen LogP) is 4.26. The highest BCUT2D eigenvalue weighted by molar-refractivity contribution is 9.10. The summed E-state index contributed by atoms with van der Waals surface area (Å²) < 4.78 is 73.4. The number of rotatable bonds is 6. The van der Waals surface area contributed by atoms with Gasteiger partial charge in [-0.15, -0.1) is 0 Å². The van der Waals surface area contributed by atoms with E-state index in [1.54, 1.807) is 24.3 Å². The number of aromatic nitrogens is 2. The number of aryl methyl sites for hydroxylation is 1. The van der Waals surface area contributed by atoms with Crippen LogP contribution in [0.3, 0.4) is 0 Å². The van der Waals surface area contributed by atoms with Crippen molar-refractivity contribution in [2.75, 3.05) is 17.1 Å². The van der Waals surface area contributed by atoms with Crippen molar-refractivity contribution in [2.24, 2.45) is 7.05 Å². The Morgan fingerprint density at radius 3 is 2.31 bits per heavy atom. The van der Waals surface area contributed by atoms with E-state index in [2.05, 4.69) is 31.0 Å². The van der Waals surface area contributed by atoms with E-state index in [-0.39, 0.29) is 22.0 Å². The Balaban J connectivity index is 1.89. The smallest absolute Gasteiger partial charge is 0.449 e. The molecule has 0 aliphatic heterocycles. The van der Waals surface area contributed by atoms with Gasteiger partial charge in [0.05, 0.1) is 7.11 Å². The Labute approximate surface area is 189 Å². The van der Waals surface area contributed by atoms with Crippen molar-refractivity contribution >= 4 is 43.2 Å². The molecule has 1 heterocycles. The number of alkyl halides is 3. The number of imidazole rings is 1. The first-order chi connectivity index (χ1) is 14.9. The van der Waals surface area contributed by atoms with Crippen LogP contribution in [0.4, 0.5) is 24.5 Å². The number of nitrogens with one attached hydrogen (secondary N) is 2. The molecule has 2 aromatic carbocycles. The van der Waals surface area contributed by atoms with Crippen molar-refractivity contribution in [3.63, 3.8) is 0 Å². The van der Waals surface area contributed by atoms with Crippen LogP contribution in [0.5, 0.6) is 5.75 Å². The number of carbonyl (C=O) groups excluding carboxylic acids is 1. The first-order valence-corrected chi connectivity index (χ1v) is 11.1. The standard InChI is InChI=1S/C19H16BrF3N4O4S/c1-27-10-14(25-18(27)19(21,22)23)17(28)24-13-7-8-15(31-2)16(9-13)32(29,30)26-12-5-3-11(20)4-6-12/h3-10,26H,1-2H3,(H,24,28). The number of ether oxygens (including phenoxy) is 1. The van der Waals surface area contributed by atoms with Crippen LogP contribution < -0.4 is 14.8 Å². The second-order valence-corrected chi connectivity index (χ2v) is 9.06.